The van der Waals surface area contributed by atoms with Crippen molar-refractivity contribution in [1.82, 2.24) is 19.7 Å². The molecule has 3 rings (SSSR count). The molecule has 1 aromatic carbocycles. The molecule has 0 aliphatic heterocycles. The standard InChI is InChI=1S/C16H16ClN5OS/c1-16(2,3)12-14(22-9-18-8-19-22)24-15(20-12)21-13(23)10-6-4-5-7-11(10)17/h4-9H,1-3H3,(H,20,21,23). The molecule has 0 radical (unpaired) electrons. The minimum Gasteiger partial charge on any atom is -0.298 e. The fourth-order valence-corrected chi connectivity index (χ4v) is 3.45. The van der Waals surface area contributed by atoms with Gasteiger partial charge in [0.2, 0.25) is 0 Å². The van der Waals surface area contributed by atoms with Gasteiger partial charge in [0.15, 0.2) is 5.13 Å². The molecule has 2 aromatic heterocycles. The Morgan fingerprint density at radius 1 is 1.29 bits per heavy atom. The zero-order chi connectivity index (χ0) is 17.3. The van der Waals surface area contributed by atoms with Crippen molar-refractivity contribution in [2.75, 3.05) is 5.32 Å². The molecule has 6 nitrogen and oxygen atoms in total. The molecule has 0 unspecified atom stereocenters. The molecule has 1 amide bonds. The smallest absolute Gasteiger partial charge is 0.258 e. The number of hydrogen-bond donors (Lipinski definition) is 1. The minimum atomic E-state index is -0.292. The quantitative estimate of drug-likeness (QED) is 0.767. The lowest BCUT2D eigenvalue weighted by atomic mass is 9.92. The fourth-order valence-electron chi connectivity index (χ4n) is 2.13. The highest BCUT2D eigenvalue weighted by molar-refractivity contribution is 7.18. The van der Waals surface area contributed by atoms with E-state index in [9.17, 15) is 4.79 Å². The average molecular weight is 362 g/mol. The summed E-state index contributed by atoms with van der Waals surface area (Å²) < 4.78 is 1.66. The van der Waals surface area contributed by atoms with Crippen LogP contribution in [0.25, 0.3) is 5.00 Å². The van der Waals surface area contributed by atoms with Gasteiger partial charge in [0.1, 0.15) is 17.7 Å². The summed E-state index contributed by atoms with van der Waals surface area (Å²) in [7, 11) is 0. The zero-order valence-electron chi connectivity index (χ0n) is 13.4. The molecule has 0 spiro atoms. The first-order chi connectivity index (χ1) is 11.4. The van der Waals surface area contributed by atoms with E-state index >= 15 is 0 Å². The van der Waals surface area contributed by atoms with Crippen molar-refractivity contribution in [3.63, 3.8) is 0 Å². The molecule has 0 bridgehead atoms. The van der Waals surface area contributed by atoms with E-state index in [-0.39, 0.29) is 11.3 Å². The van der Waals surface area contributed by atoms with Crippen molar-refractivity contribution in [1.29, 1.82) is 0 Å². The number of carbonyl (C=O) groups is 1. The van der Waals surface area contributed by atoms with E-state index in [1.807, 2.05) is 0 Å². The molecule has 0 saturated heterocycles. The topological polar surface area (TPSA) is 72.7 Å². The predicted molar refractivity (Wildman–Crippen MR) is 95.1 cm³/mol. The molecule has 3 aromatic rings. The van der Waals surface area contributed by atoms with Gasteiger partial charge in [0.25, 0.3) is 5.91 Å². The molecular formula is C16H16ClN5OS. The van der Waals surface area contributed by atoms with E-state index in [0.717, 1.165) is 10.7 Å². The second-order valence-corrected chi connectivity index (χ2v) is 7.58. The highest BCUT2D eigenvalue weighted by Gasteiger charge is 2.25. The van der Waals surface area contributed by atoms with Crippen LogP contribution in [-0.4, -0.2) is 25.7 Å². The second-order valence-electron chi connectivity index (χ2n) is 6.20. The number of hydrogen-bond acceptors (Lipinski definition) is 5. The van der Waals surface area contributed by atoms with Crippen LogP contribution in [0.4, 0.5) is 5.13 Å². The largest absolute Gasteiger partial charge is 0.298 e. The second kappa shape index (κ2) is 6.33. The molecule has 0 atom stereocenters. The van der Waals surface area contributed by atoms with Gasteiger partial charge in [-0.15, -0.1) is 0 Å². The normalized spacial score (nSPS) is 11.5. The zero-order valence-corrected chi connectivity index (χ0v) is 15.0. The molecule has 124 valence electrons. The van der Waals surface area contributed by atoms with Gasteiger partial charge in [0, 0.05) is 5.41 Å². The third-order valence-corrected chi connectivity index (χ3v) is 4.58. The third kappa shape index (κ3) is 3.32. The fraction of sp³-hybridized carbons (Fsp3) is 0.250. The maximum Gasteiger partial charge on any atom is 0.258 e. The highest BCUT2D eigenvalue weighted by atomic mass is 35.5. The number of amides is 1. The Morgan fingerprint density at radius 2 is 2.04 bits per heavy atom. The van der Waals surface area contributed by atoms with Crippen LogP contribution in [0.5, 0.6) is 0 Å². The Balaban J connectivity index is 1.95. The number of nitrogens with one attached hydrogen (secondary N) is 1. The van der Waals surface area contributed by atoms with Crippen LogP contribution in [0.1, 0.15) is 36.8 Å². The summed E-state index contributed by atoms with van der Waals surface area (Å²) in [5.74, 6) is -0.292. The number of halogens is 1. The average Bonchev–Trinajstić information content (AvgIpc) is 3.15. The Kier molecular flexibility index (Phi) is 4.38. The lowest BCUT2D eigenvalue weighted by Gasteiger charge is -2.16. The summed E-state index contributed by atoms with van der Waals surface area (Å²) in [6.45, 7) is 6.17. The lowest BCUT2D eigenvalue weighted by Crippen LogP contribution is -2.16. The monoisotopic (exact) mass is 361 g/mol. The Morgan fingerprint density at radius 3 is 2.67 bits per heavy atom. The summed E-state index contributed by atoms with van der Waals surface area (Å²) in [6.07, 6.45) is 3.08. The third-order valence-electron chi connectivity index (χ3n) is 3.29. The SMILES string of the molecule is CC(C)(C)c1nc(NC(=O)c2ccccc2Cl)sc1-n1cncn1. The maximum absolute atomic E-state index is 12.4. The lowest BCUT2D eigenvalue weighted by molar-refractivity contribution is 0.102. The van der Waals surface area contributed by atoms with Gasteiger partial charge in [-0.05, 0) is 12.1 Å². The highest BCUT2D eigenvalue weighted by Crippen LogP contribution is 2.34. The van der Waals surface area contributed by atoms with Crippen LogP contribution >= 0.6 is 22.9 Å². The Bertz CT molecular complexity index is 867. The van der Waals surface area contributed by atoms with Gasteiger partial charge in [-0.1, -0.05) is 55.8 Å². The van der Waals surface area contributed by atoms with Gasteiger partial charge in [-0.2, -0.15) is 5.10 Å². The molecule has 2 heterocycles. The van der Waals surface area contributed by atoms with Crippen molar-refractivity contribution in [2.45, 2.75) is 26.2 Å². The molecule has 0 aliphatic carbocycles. The number of carbonyl (C=O) groups excluding carboxylic acids is 1. The van der Waals surface area contributed by atoms with E-state index in [0.29, 0.717) is 15.7 Å². The van der Waals surface area contributed by atoms with E-state index in [4.69, 9.17) is 11.6 Å². The molecule has 0 fully saturated rings. The number of anilines is 1. The van der Waals surface area contributed by atoms with E-state index in [2.05, 4.69) is 41.2 Å². The first kappa shape index (κ1) is 16.6. The molecule has 0 aliphatic rings. The van der Waals surface area contributed by atoms with Crippen molar-refractivity contribution in [2.24, 2.45) is 0 Å². The van der Waals surface area contributed by atoms with Crippen LogP contribution in [-0.2, 0) is 5.41 Å². The molecular weight excluding hydrogens is 346 g/mol. The van der Waals surface area contributed by atoms with Gasteiger partial charge < -0.3 is 0 Å². The Labute approximate surface area is 148 Å². The van der Waals surface area contributed by atoms with Gasteiger partial charge >= 0.3 is 0 Å². The summed E-state index contributed by atoms with van der Waals surface area (Å²) in [4.78, 5) is 21.0. The summed E-state index contributed by atoms with van der Waals surface area (Å²) in [5, 5.41) is 8.71. The van der Waals surface area contributed by atoms with Crippen LogP contribution in [0.15, 0.2) is 36.9 Å². The number of thiazole rings is 1. The van der Waals surface area contributed by atoms with Crippen molar-refractivity contribution < 1.29 is 4.79 Å². The minimum absolute atomic E-state index is 0.203. The van der Waals surface area contributed by atoms with Crippen molar-refractivity contribution in [3.05, 3.63) is 53.2 Å². The number of benzene rings is 1. The van der Waals surface area contributed by atoms with Crippen molar-refractivity contribution in [3.8, 4) is 5.00 Å². The summed E-state index contributed by atoms with van der Waals surface area (Å²) >= 11 is 7.42. The van der Waals surface area contributed by atoms with Gasteiger partial charge in [-0.3, -0.25) is 10.1 Å². The van der Waals surface area contributed by atoms with Crippen LogP contribution in [0.2, 0.25) is 5.02 Å². The summed E-state index contributed by atoms with van der Waals surface area (Å²) in [6, 6.07) is 6.90. The van der Waals surface area contributed by atoms with Gasteiger partial charge in [0.05, 0.1) is 16.3 Å². The van der Waals surface area contributed by atoms with E-state index in [1.165, 1.54) is 17.7 Å². The summed E-state index contributed by atoms with van der Waals surface area (Å²) in [5.41, 5.74) is 1.05. The molecule has 8 heteroatoms. The Hall–Kier alpha value is -2.25. The first-order valence-corrected chi connectivity index (χ1v) is 8.48. The van der Waals surface area contributed by atoms with E-state index in [1.54, 1.807) is 35.3 Å². The molecule has 24 heavy (non-hydrogen) atoms. The first-order valence-electron chi connectivity index (χ1n) is 7.28. The number of rotatable bonds is 3. The predicted octanol–water partition coefficient (Wildman–Crippen LogP) is 3.93. The maximum atomic E-state index is 12.4. The van der Waals surface area contributed by atoms with Gasteiger partial charge in [-0.25, -0.2) is 14.6 Å². The number of aromatic nitrogens is 4. The molecule has 1 N–H and O–H groups in total. The number of nitrogens with zero attached hydrogens (tertiary/aromatic N) is 4. The molecule has 0 saturated carbocycles. The van der Waals surface area contributed by atoms with Crippen molar-refractivity contribution >= 4 is 34.0 Å². The van der Waals surface area contributed by atoms with Crippen LogP contribution in [0, 0.1) is 0 Å². The van der Waals surface area contributed by atoms with Crippen LogP contribution in [0.3, 0.4) is 0 Å². The van der Waals surface area contributed by atoms with Crippen LogP contribution < -0.4 is 5.32 Å². The van der Waals surface area contributed by atoms with E-state index < -0.39 is 0 Å².